The van der Waals surface area contributed by atoms with Crippen LogP contribution in [0.5, 0.6) is 0 Å². The van der Waals surface area contributed by atoms with Crippen molar-refractivity contribution in [3.63, 3.8) is 0 Å². The van der Waals surface area contributed by atoms with Gasteiger partial charge in [-0.1, -0.05) is 6.08 Å². The van der Waals surface area contributed by atoms with Gasteiger partial charge in [-0.3, -0.25) is 4.99 Å². The first-order valence-corrected chi connectivity index (χ1v) is 3.92. The van der Waals surface area contributed by atoms with E-state index in [2.05, 4.69) is 11.9 Å². The number of allylic oxidation sites excluding steroid dienone is 2. The molecule has 0 aliphatic heterocycles. The Kier molecular flexibility index (Phi) is 2.25. The van der Waals surface area contributed by atoms with E-state index in [1.165, 1.54) is 18.6 Å². The standard InChI is InChI=1S/C9H15N/c1-4-7(2)10-8(3)9-5-6-9/h4,9H,5-6H2,1-3H3/b7-4-,10-8?. The smallest absolute Gasteiger partial charge is 0.0329 e. The molecular weight excluding hydrogens is 122 g/mol. The lowest BCUT2D eigenvalue weighted by atomic mass is 10.3. The molecule has 0 amide bonds. The average Bonchev–Trinajstić information content (AvgIpc) is 2.68. The van der Waals surface area contributed by atoms with Gasteiger partial charge in [-0.15, -0.1) is 0 Å². The minimum Gasteiger partial charge on any atom is -0.263 e. The number of nitrogens with zero attached hydrogens (tertiary/aromatic N) is 1. The average molecular weight is 137 g/mol. The molecule has 0 atom stereocenters. The topological polar surface area (TPSA) is 12.4 Å². The van der Waals surface area contributed by atoms with Crippen LogP contribution in [0.2, 0.25) is 0 Å². The van der Waals surface area contributed by atoms with Crippen LogP contribution in [-0.2, 0) is 0 Å². The number of hydrogen-bond donors (Lipinski definition) is 0. The molecule has 0 unspecified atom stereocenters. The third-order valence-corrected chi connectivity index (χ3v) is 1.94. The molecular formula is C9H15N. The minimum atomic E-state index is 0.815. The maximum absolute atomic E-state index is 4.44. The normalized spacial score (nSPS) is 21.5. The number of aliphatic imine (C=N–C) groups is 1. The van der Waals surface area contributed by atoms with E-state index in [1.54, 1.807) is 0 Å². The molecule has 0 radical (unpaired) electrons. The molecule has 0 aromatic heterocycles. The minimum absolute atomic E-state index is 0.815. The maximum atomic E-state index is 4.44. The SMILES string of the molecule is C/C=C(/C)N=C(C)C1CC1. The van der Waals surface area contributed by atoms with E-state index in [-0.39, 0.29) is 0 Å². The van der Waals surface area contributed by atoms with Gasteiger partial charge in [0.15, 0.2) is 0 Å². The molecule has 0 aromatic carbocycles. The molecule has 1 nitrogen and oxygen atoms in total. The Balaban J connectivity index is 2.51. The van der Waals surface area contributed by atoms with Gasteiger partial charge in [0.1, 0.15) is 0 Å². The Labute approximate surface area is 62.9 Å². The fraction of sp³-hybridized carbons (Fsp3) is 0.667. The summed E-state index contributed by atoms with van der Waals surface area (Å²) in [4.78, 5) is 4.44. The molecule has 1 aliphatic carbocycles. The van der Waals surface area contributed by atoms with Crippen molar-refractivity contribution in [2.45, 2.75) is 33.6 Å². The van der Waals surface area contributed by atoms with Crippen LogP contribution in [0.4, 0.5) is 0 Å². The zero-order valence-corrected chi connectivity index (χ0v) is 7.02. The zero-order valence-electron chi connectivity index (χ0n) is 7.02. The van der Waals surface area contributed by atoms with Crippen molar-refractivity contribution in [1.82, 2.24) is 0 Å². The van der Waals surface area contributed by atoms with Crippen molar-refractivity contribution >= 4 is 5.71 Å². The lowest BCUT2D eigenvalue weighted by Crippen LogP contribution is -1.92. The summed E-state index contributed by atoms with van der Waals surface area (Å²) >= 11 is 0. The highest BCUT2D eigenvalue weighted by molar-refractivity contribution is 5.87. The highest BCUT2D eigenvalue weighted by Crippen LogP contribution is 2.30. The summed E-state index contributed by atoms with van der Waals surface area (Å²) in [7, 11) is 0. The molecule has 1 aliphatic rings. The van der Waals surface area contributed by atoms with Crippen molar-refractivity contribution in [1.29, 1.82) is 0 Å². The van der Waals surface area contributed by atoms with E-state index in [0.29, 0.717) is 0 Å². The van der Waals surface area contributed by atoms with Crippen LogP contribution in [-0.4, -0.2) is 5.71 Å². The van der Waals surface area contributed by atoms with Gasteiger partial charge in [-0.25, -0.2) is 0 Å². The van der Waals surface area contributed by atoms with Crippen LogP contribution >= 0.6 is 0 Å². The third-order valence-electron chi connectivity index (χ3n) is 1.94. The Morgan fingerprint density at radius 1 is 1.40 bits per heavy atom. The van der Waals surface area contributed by atoms with Gasteiger partial charge in [0, 0.05) is 11.4 Å². The van der Waals surface area contributed by atoms with Gasteiger partial charge < -0.3 is 0 Å². The van der Waals surface area contributed by atoms with E-state index < -0.39 is 0 Å². The molecule has 0 heterocycles. The summed E-state index contributed by atoms with van der Waals surface area (Å²) in [5.41, 5.74) is 2.46. The first-order valence-electron chi connectivity index (χ1n) is 3.92. The Morgan fingerprint density at radius 3 is 2.40 bits per heavy atom. The van der Waals surface area contributed by atoms with Gasteiger partial charge in [-0.2, -0.15) is 0 Å². The Hall–Kier alpha value is -0.590. The van der Waals surface area contributed by atoms with Crippen LogP contribution in [0.25, 0.3) is 0 Å². The number of rotatable bonds is 2. The van der Waals surface area contributed by atoms with Crippen LogP contribution in [0, 0.1) is 5.92 Å². The molecule has 0 spiro atoms. The van der Waals surface area contributed by atoms with E-state index in [0.717, 1.165) is 11.6 Å². The molecule has 0 aromatic rings. The first kappa shape index (κ1) is 7.52. The molecule has 0 bridgehead atoms. The highest BCUT2D eigenvalue weighted by Gasteiger charge is 2.23. The summed E-state index contributed by atoms with van der Waals surface area (Å²) in [5.74, 6) is 0.815. The monoisotopic (exact) mass is 137 g/mol. The van der Waals surface area contributed by atoms with Gasteiger partial charge in [-0.05, 0) is 39.5 Å². The second-order valence-corrected chi connectivity index (χ2v) is 2.96. The quantitative estimate of drug-likeness (QED) is 0.519. The predicted molar refractivity (Wildman–Crippen MR) is 45.3 cm³/mol. The second kappa shape index (κ2) is 3.00. The highest BCUT2D eigenvalue weighted by atomic mass is 14.8. The van der Waals surface area contributed by atoms with Crippen molar-refractivity contribution in [2.24, 2.45) is 10.9 Å². The molecule has 1 rings (SSSR count). The Bertz CT molecular complexity index is 173. The lowest BCUT2D eigenvalue weighted by Gasteiger charge is -1.95. The van der Waals surface area contributed by atoms with Gasteiger partial charge >= 0.3 is 0 Å². The van der Waals surface area contributed by atoms with Crippen molar-refractivity contribution in [3.8, 4) is 0 Å². The maximum Gasteiger partial charge on any atom is 0.0329 e. The van der Waals surface area contributed by atoms with E-state index >= 15 is 0 Å². The van der Waals surface area contributed by atoms with Gasteiger partial charge in [0.05, 0.1) is 0 Å². The first-order chi connectivity index (χ1) is 4.74. The van der Waals surface area contributed by atoms with Crippen LogP contribution in [0.3, 0.4) is 0 Å². The fourth-order valence-corrected chi connectivity index (χ4v) is 0.935. The molecule has 1 heteroatoms. The molecule has 0 saturated heterocycles. The molecule has 1 saturated carbocycles. The summed E-state index contributed by atoms with van der Waals surface area (Å²) in [6.07, 6.45) is 4.75. The summed E-state index contributed by atoms with van der Waals surface area (Å²) in [6.45, 7) is 6.20. The van der Waals surface area contributed by atoms with E-state index in [1.807, 2.05) is 19.9 Å². The molecule has 56 valence electrons. The van der Waals surface area contributed by atoms with Gasteiger partial charge in [0.25, 0.3) is 0 Å². The number of hydrogen-bond acceptors (Lipinski definition) is 1. The largest absolute Gasteiger partial charge is 0.263 e. The van der Waals surface area contributed by atoms with Crippen LogP contribution in [0.1, 0.15) is 33.6 Å². The third kappa shape index (κ3) is 1.98. The van der Waals surface area contributed by atoms with Crippen molar-refractivity contribution in [2.75, 3.05) is 0 Å². The predicted octanol–water partition coefficient (Wildman–Crippen LogP) is 2.78. The summed E-state index contributed by atoms with van der Waals surface area (Å²) in [6, 6.07) is 0. The van der Waals surface area contributed by atoms with Crippen molar-refractivity contribution < 1.29 is 0 Å². The zero-order chi connectivity index (χ0) is 7.56. The van der Waals surface area contributed by atoms with Crippen LogP contribution < -0.4 is 0 Å². The van der Waals surface area contributed by atoms with Gasteiger partial charge in [0.2, 0.25) is 0 Å². The van der Waals surface area contributed by atoms with Crippen molar-refractivity contribution in [3.05, 3.63) is 11.8 Å². The van der Waals surface area contributed by atoms with E-state index in [9.17, 15) is 0 Å². The molecule has 10 heavy (non-hydrogen) atoms. The van der Waals surface area contributed by atoms with Crippen LogP contribution in [0.15, 0.2) is 16.8 Å². The molecule has 0 N–H and O–H groups in total. The summed E-state index contributed by atoms with van der Waals surface area (Å²) in [5, 5.41) is 0. The summed E-state index contributed by atoms with van der Waals surface area (Å²) < 4.78 is 0. The Morgan fingerprint density at radius 2 is 2.00 bits per heavy atom. The fourth-order valence-electron chi connectivity index (χ4n) is 0.935. The van der Waals surface area contributed by atoms with E-state index in [4.69, 9.17) is 0 Å². The molecule has 1 fully saturated rings. The lowest BCUT2D eigenvalue weighted by molar-refractivity contribution is 1.14. The second-order valence-electron chi connectivity index (χ2n) is 2.96.